The van der Waals surface area contributed by atoms with E-state index >= 15 is 0 Å². The molecule has 3 heteroatoms. The molecule has 1 saturated carbocycles. The van der Waals surface area contributed by atoms with Crippen molar-refractivity contribution in [3.63, 3.8) is 0 Å². The van der Waals surface area contributed by atoms with Crippen LogP contribution in [0.4, 0.5) is 0 Å². The number of hydrazine groups is 1. The van der Waals surface area contributed by atoms with Crippen LogP contribution in [0.5, 0.6) is 0 Å². The van der Waals surface area contributed by atoms with Gasteiger partial charge in [-0.1, -0.05) is 19.8 Å². The molecule has 0 bridgehead atoms. The van der Waals surface area contributed by atoms with Crippen LogP contribution < -0.4 is 11.3 Å². The van der Waals surface area contributed by atoms with Crippen LogP contribution in [-0.2, 0) is 4.74 Å². The van der Waals surface area contributed by atoms with E-state index in [4.69, 9.17) is 10.6 Å². The summed E-state index contributed by atoms with van der Waals surface area (Å²) in [5.74, 6) is 6.71. The largest absolute Gasteiger partial charge is 0.496 e. The lowest BCUT2D eigenvalue weighted by atomic mass is 9.80. The Morgan fingerprint density at radius 3 is 2.71 bits per heavy atom. The van der Waals surface area contributed by atoms with Gasteiger partial charge in [-0.25, -0.2) is 5.43 Å². The topological polar surface area (TPSA) is 47.3 Å². The van der Waals surface area contributed by atoms with Crippen molar-refractivity contribution in [2.24, 2.45) is 11.3 Å². The average molecular weight is 196 g/mol. The van der Waals surface area contributed by atoms with Crippen LogP contribution in [0.3, 0.4) is 0 Å². The predicted molar refractivity (Wildman–Crippen MR) is 56.3 cm³/mol. The Kier molecular flexibility index (Phi) is 2.79. The predicted octanol–water partition coefficient (Wildman–Crippen LogP) is 1.70. The van der Waals surface area contributed by atoms with E-state index in [0.29, 0.717) is 5.41 Å². The fourth-order valence-electron chi connectivity index (χ4n) is 2.74. The van der Waals surface area contributed by atoms with Gasteiger partial charge in [0.05, 0.1) is 12.6 Å². The summed E-state index contributed by atoms with van der Waals surface area (Å²) in [7, 11) is 0. The van der Waals surface area contributed by atoms with Gasteiger partial charge in [0.25, 0.3) is 0 Å². The standard InChI is InChI=1S/C11H20N2O/c1-11(6-2-3-7-11)10(13-12)9-5-4-8-14-9/h5,10,13H,2-4,6-8,12H2,1H3. The highest BCUT2D eigenvalue weighted by atomic mass is 16.5. The van der Waals surface area contributed by atoms with Gasteiger partial charge in [-0.2, -0.15) is 0 Å². The molecule has 80 valence electrons. The summed E-state index contributed by atoms with van der Waals surface area (Å²) in [6, 6.07) is 0.215. The van der Waals surface area contributed by atoms with E-state index < -0.39 is 0 Å². The van der Waals surface area contributed by atoms with Crippen molar-refractivity contribution < 1.29 is 4.74 Å². The zero-order chi connectivity index (χ0) is 10.0. The van der Waals surface area contributed by atoms with E-state index in [2.05, 4.69) is 18.4 Å². The molecular formula is C11H20N2O. The highest BCUT2D eigenvalue weighted by Gasteiger charge is 2.39. The Labute approximate surface area is 85.7 Å². The van der Waals surface area contributed by atoms with E-state index in [1.54, 1.807) is 0 Å². The van der Waals surface area contributed by atoms with E-state index in [-0.39, 0.29) is 6.04 Å². The molecule has 1 aliphatic carbocycles. The van der Waals surface area contributed by atoms with Gasteiger partial charge in [0, 0.05) is 6.42 Å². The molecule has 3 N–H and O–H groups in total. The first-order valence-corrected chi connectivity index (χ1v) is 5.55. The molecule has 0 aromatic rings. The first kappa shape index (κ1) is 9.99. The second kappa shape index (κ2) is 3.91. The fourth-order valence-corrected chi connectivity index (χ4v) is 2.74. The molecule has 2 aliphatic rings. The average Bonchev–Trinajstić information content (AvgIpc) is 2.78. The van der Waals surface area contributed by atoms with Gasteiger partial charge in [-0.05, 0) is 24.3 Å². The third-order valence-electron chi connectivity index (χ3n) is 3.63. The zero-order valence-corrected chi connectivity index (χ0v) is 8.88. The smallest absolute Gasteiger partial charge is 0.111 e. The molecule has 0 amide bonds. The minimum Gasteiger partial charge on any atom is -0.496 e. The van der Waals surface area contributed by atoms with E-state index in [9.17, 15) is 0 Å². The number of hydrogen-bond acceptors (Lipinski definition) is 3. The maximum absolute atomic E-state index is 5.65. The Hall–Kier alpha value is -0.540. The summed E-state index contributed by atoms with van der Waals surface area (Å²) in [6.45, 7) is 3.14. The third-order valence-corrected chi connectivity index (χ3v) is 3.63. The Balaban J connectivity index is 2.11. The molecule has 3 nitrogen and oxygen atoms in total. The molecule has 14 heavy (non-hydrogen) atoms. The summed E-state index contributed by atoms with van der Waals surface area (Å²) in [4.78, 5) is 0. The molecule has 0 aromatic heterocycles. The molecule has 0 aromatic carbocycles. The summed E-state index contributed by atoms with van der Waals surface area (Å²) in [5, 5.41) is 0. The Morgan fingerprint density at radius 1 is 1.50 bits per heavy atom. The molecule has 2 rings (SSSR count). The zero-order valence-electron chi connectivity index (χ0n) is 8.88. The lowest BCUT2D eigenvalue weighted by molar-refractivity contribution is 0.150. The Bertz CT molecular complexity index is 231. The monoisotopic (exact) mass is 196 g/mol. The van der Waals surface area contributed by atoms with Crippen LogP contribution in [0.2, 0.25) is 0 Å². The van der Waals surface area contributed by atoms with E-state index in [0.717, 1.165) is 18.8 Å². The fraction of sp³-hybridized carbons (Fsp3) is 0.818. The number of nitrogens with one attached hydrogen (secondary N) is 1. The van der Waals surface area contributed by atoms with Gasteiger partial charge in [0.1, 0.15) is 5.76 Å². The molecule has 0 radical (unpaired) electrons. The molecule has 1 atom stereocenters. The number of nitrogens with two attached hydrogens (primary N) is 1. The van der Waals surface area contributed by atoms with Crippen molar-refractivity contribution in [3.8, 4) is 0 Å². The number of ether oxygens (including phenoxy) is 1. The summed E-state index contributed by atoms with van der Waals surface area (Å²) >= 11 is 0. The van der Waals surface area contributed by atoms with Crippen LogP contribution in [-0.4, -0.2) is 12.6 Å². The summed E-state index contributed by atoms with van der Waals surface area (Å²) in [5.41, 5.74) is 3.23. The van der Waals surface area contributed by atoms with Crippen molar-refractivity contribution in [2.45, 2.75) is 45.1 Å². The third kappa shape index (κ3) is 1.66. The van der Waals surface area contributed by atoms with Crippen molar-refractivity contribution in [2.75, 3.05) is 6.61 Å². The molecule has 1 fully saturated rings. The summed E-state index contributed by atoms with van der Waals surface area (Å²) < 4.78 is 5.60. The molecule has 0 spiro atoms. The first-order valence-electron chi connectivity index (χ1n) is 5.55. The maximum atomic E-state index is 5.65. The number of hydrogen-bond donors (Lipinski definition) is 2. The van der Waals surface area contributed by atoms with Crippen molar-refractivity contribution in [1.29, 1.82) is 0 Å². The highest BCUT2D eigenvalue weighted by molar-refractivity contribution is 5.12. The second-order valence-corrected chi connectivity index (χ2v) is 4.70. The van der Waals surface area contributed by atoms with Crippen LogP contribution in [0, 0.1) is 5.41 Å². The van der Waals surface area contributed by atoms with Gasteiger partial charge in [0.15, 0.2) is 0 Å². The van der Waals surface area contributed by atoms with Crippen LogP contribution in [0.15, 0.2) is 11.8 Å². The van der Waals surface area contributed by atoms with Crippen LogP contribution in [0.1, 0.15) is 39.0 Å². The number of rotatable bonds is 3. The van der Waals surface area contributed by atoms with E-state index in [1.807, 2.05) is 0 Å². The molecule has 0 saturated heterocycles. The molecule has 1 unspecified atom stereocenters. The van der Waals surface area contributed by atoms with Gasteiger partial charge < -0.3 is 4.74 Å². The lowest BCUT2D eigenvalue weighted by Gasteiger charge is -2.33. The highest BCUT2D eigenvalue weighted by Crippen LogP contribution is 2.43. The van der Waals surface area contributed by atoms with Crippen molar-refractivity contribution in [3.05, 3.63) is 11.8 Å². The molecule has 1 aliphatic heterocycles. The SMILES string of the molecule is CC1(C(NN)C2=CCCO2)CCCC1. The first-order chi connectivity index (χ1) is 6.76. The Morgan fingerprint density at radius 2 is 2.21 bits per heavy atom. The van der Waals surface area contributed by atoms with Crippen molar-refractivity contribution >= 4 is 0 Å². The minimum atomic E-state index is 0.215. The van der Waals surface area contributed by atoms with Gasteiger partial charge in [0.2, 0.25) is 0 Å². The van der Waals surface area contributed by atoms with Gasteiger partial charge in [-0.3, -0.25) is 5.84 Å². The molecular weight excluding hydrogens is 176 g/mol. The second-order valence-electron chi connectivity index (χ2n) is 4.70. The summed E-state index contributed by atoms with van der Waals surface area (Å²) in [6.07, 6.45) is 8.35. The van der Waals surface area contributed by atoms with Crippen LogP contribution in [0.25, 0.3) is 0 Å². The molecule has 1 heterocycles. The maximum Gasteiger partial charge on any atom is 0.111 e. The normalized spacial score (nSPS) is 27.1. The quantitative estimate of drug-likeness (QED) is 0.533. The van der Waals surface area contributed by atoms with Crippen molar-refractivity contribution in [1.82, 2.24) is 5.43 Å². The van der Waals surface area contributed by atoms with Gasteiger partial charge >= 0.3 is 0 Å². The lowest BCUT2D eigenvalue weighted by Crippen LogP contribution is -2.47. The van der Waals surface area contributed by atoms with E-state index in [1.165, 1.54) is 25.7 Å². The van der Waals surface area contributed by atoms with Crippen LogP contribution >= 0.6 is 0 Å². The minimum absolute atomic E-state index is 0.215. The van der Waals surface area contributed by atoms with Gasteiger partial charge in [-0.15, -0.1) is 0 Å².